The molecule has 6 heteroatoms. The van der Waals surface area contributed by atoms with Gasteiger partial charge in [-0.05, 0) is 42.9 Å². The van der Waals surface area contributed by atoms with Gasteiger partial charge in [0.15, 0.2) is 17.7 Å². The highest BCUT2D eigenvalue weighted by Gasteiger charge is 2.41. The van der Waals surface area contributed by atoms with E-state index < -0.39 is 11.7 Å². The summed E-state index contributed by atoms with van der Waals surface area (Å²) in [5.41, 5.74) is 2.91. The molecule has 0 aromatic carbocycles. The van der Waals surface area contributed by atoms with Crippen molar-refractivity contribution in [1.29, 1.82) is 5.41 Å². The minimum atomic E-state index is -0.590. The molecule has 184 valence electrons. The van der Waals surface area contributed by atoms with E-state index in [1.54, 1.807) is 11.9 Å². The smallest absolute Gasteiger partial charge is 0.274 e. The van der Waals surface area contributed by atoms with Crippen LogP contribution in [0.5, 0.6) is 0 Å². The highest BCUT2D eigenvalue weighted by molar-refractivity contribution is 6.02. The molecule has 0 aromatic rings. The van der Waals surface area contributed by atoms with Gasteiger partial charge in [-0.1, -0.05) is 70.8 Å². The summed E-state index contributed by atoms with van der Waals surface area (Å²) in [6.07, 6.45) is 13.1. The van der Waals surface area contributed by atoms with Crippen LogP contribution < -0.4 is 0 Å². The summed E-state index contributed by atoms with van der Waals surface area (Å²) in [4.78, 5) is 26.9. The zero-order valence-corrected chi connectivity index (χ0v) is 21.5. The first kappa shape index (κ1) is 26.9. The molecule has 1 saturated carbocycles. The van der Waals surface area contributed by atoms with E-state index in [9.17, 15) is 14.7 Å². The second-order valence-corrected chi connectivity index (χ2v) is 10.3. The van der Waals surface area contributed by atoms with Gasteiger partial charge in [0.25, 0.3) is 5.91 Å². The maximum Gasteiger partial charge on any atom is 0.274 e. The van der Waals surface area contributed by atoms with Gasteiger partial charge in [0, 0.05) is 26.6 Å². The van der Waals surface area contributed by atoms with Crippen LogP contribution in [0, 0.1) is 16.2 Å². The number of nitrogens with zero attached hydrogens (tertiary/aromatic N) is 2. The van der Waals surface area contributed by atoms with Crippen molar-refractivity contribution < 1.29 is 14.7 Å². The number of amides is 1. The summed E-state index contributed by atoms with van der Waals surface area (Å²) in [7, 11) is 1.65. The molecule has 0 aromatic heterocycles. The van der Waals surface area contributed by atoms with Crippen molar-refractivity contribution in [3.63, 3.8) is 0 Å². The molecule has 2 N–H and O–H groups in total. The molecule has 0 atom stereocenters. The SMILES string of the molecule is CC.CN1CCN(C(=N)CC2(C3=CC=C(C(C)(C)C)CCC3)CCCC2)/C(=C(/O)C=O)C1=O. The normalized spacial score (nSPS) is 22.5. The molecule has 1 heterocycles. The van der Waals surface area contributed by atoms with Crippen molar-refractivity contribution in [3.05, 3.63) is 34.8 Å². The van der Waals surface area contributed by atoms with Gasteiger partial charge in [-0.3, -0.25) is 15.0 Å². The fourth-order valence-electron chi connectivity index (χ4n) is 5.32. The molecular formula is C27H43N3O3. The molecule has 0 spiro atoms. The fourth-order valence-corrected chi connectivity index (χ4v) is 5.32. The first-order valence-electron chi connectivity index (χ1n) is 12.5. The molecule has 1 saturated heterocycles. The van der Waals surface area contributed by atoms with E-state index in [0.717, 1.165) is 44.9 Å². The molecule has 6 nitrogen and oxygen atoms in total. The Labute approximate surface area is 199 Å². The van der Waals surface area contributed by atoms with Crippen molar-refractivity contribution in [2.75, 3.05) is 20.1 Å². The number of rotatable bonds is 4. The van der Waals surface area contributed by atoms with Crippen LogP contribution in [0.25, 0.3) is 0 Å². The number of amidine groups is 1. The van der Waals surface area contributed by atoms with Gasteiger partial charge in [-0.25, -0.2) is 0 Å². The van der Waals surface area contributed by atoms with Crippen LogP contribution in [0.2, 0.25) is 0 Å². The Kier molecular flexibility index (Phi) is 9.10. The lowest BCUT2D eigenvalue weighted by atomic mass is 9.73. The molecule has 0 bridgehead atoms. The molecule has 3 rings (SSSR count). The zero-order valence-electron chi connectivity index (χ0n) is 21.5. The van der Waals surface area contributed by atoms with Gasteiger partial charge < -0.3 is 14.9 Å². The minimum absolute atomic E-state index is 0.0633. The number of carbonyl (C=O) groups is 2. The number of hydrogen-bond acceptors (Lipinski definition) is 4. The maximum atomic E-state index is 12.6. The molecule has 0 radical (unpaired) electrons. The Hall–Kier alpha value is -2.37. The van der Waals surface area contributed by atoms with Crippen molar-refractivity contribution in [1.82, 2.24) is 9.80 Å². The maximum absolute atomic E-state index is 12.6. The molecule has 33 heavy (non-hydrogen) atoms. The number of piperazine rings is 1. The second-order valence-electron chi connectivity index (χ2n) is 10.3. The van der Waals surface area contributed by atoms with Crippen LogP contribution in [0.15, 0.2) is 34.8 Å². The quantitative estimate of drug-likeness (QED) is 0.185. The van der Waals surface area contributed by atoms with Crippen molar-refractivity contribution in [2.45, 2.75) is 86.0 Å². The lowest BCUT2D eigenvalue weighted by Crippen LogP contribution is -2.50. The first-order valence-corrected chi connectivity index (χ1v) is 12.5. The van der Waals surface area contributed by atoms with E-state index in [2.05, 4.69) is 32.9 Å². The molecule has 0 unspecified atom stereocenters. The van der Waals surface area contributed by atoms with Gasteiger partial charge in [0.05, 0.1) is 0 Å². The average molecular weight is 458 g/mol. The third-order valence-corrected chi connectivity index (χ3v) is 7.25. The number of hydrogen-bond donors (Lipinski definition) is 2. The Balaban J connectivity index is 0.00000187. The van der Waals surface area contributed by atoms with E-state index in [0.29, 0.717) is 31.6 Å². The van der Waals surface area contributed by atoms with Crippen molar-refractivity contribution in [2.24, 2.45) is 10.8 Å². The van der Waals surface area contributed by atoms with Crippen LogP contribution in [0.4, 0.5) is 0 Å². The van der Waals surface area contributed by atoms with E-state index in [1.165, 1.54) is 16.0 Å². The number of allylic oxidation sites excluding steroid dienone is 5. The number of aliphatic hydroxyl groups is 1. The van der Waals surface area contributed by atoms with Crippen LogP contribution in [-0.2, 0) is 9.59 Å². The Bertz CT molecular complexity index is 839. The standard InChI is InChI=1S/C25H37N3O3.C2H6/c1-24(2,3)18-8-7-9-19(11-10-18)25(12-5-6-13-25)16-21(26)28-15-14-27(4)23(31)22(28)20(30)17-29;1-2/h10-11,17,26,30H,5-9,12-16H2,1-4H3;1-2H3/b22-20+,26-21?;. The molecule has 1 aliphatic heterocycles. The van der Waals surface area contributed by atoms with Crippen LogP contribution in [0.1, 0.15) is 86.0 Å². The van der Waals surface area contributed by atoms with Gasteiger partial charge >= 0.3 is 0 Å². The van der Waals surface area contributed by atoms with E-state index in [-0.39, 0.29) is 16.5 Å². The molecule has 3 aliphatic rings. The van der Waals surface area contributed by atoms with Gasteiger partial charge in [-0.2, -0.15) is 0 Å². The zero-order chi connectivity index (χ0) is 24.8. The third-order valence-electron chi connectivity index (χ3n) is 7.25. The summed E-state index contributed by atoms with van der Waals surface area (Å²) in [6, 6.07) is 0. The lowest BCUT2D eigenvalue weighted by molar-refractivity contribution is -0.129. The predicted molar refractivity (Wildman–Crippen MR) is 134 cm³/mol. The number of carbonyl (C=O) groups excluding carboxylic acids is 2. The molecule has 2 aliphatic carbocycles. The Morgan fingerprint density at radius 1 is 1.12 bits per heavy atom. The predicted octanol–water partition coefficient (Wildman–Crippen LogP) is 5.77. The highest BCUT2D eigenvalue weighted by atomic mass is 16.3. The largest absolute Gasteiger partial charge is 0.503 e. The molecule has 1 amide bonds. The van der Waals surface area contributed by atoms with E-state index in [1.807, 2.05) is 13.8 Å². The Morgan fingerprint density at radius 3 is 2.33 bits per heavy atom. The monoisotopic (exact) mass is 457 g/mol. The number of nitrogens with one attached hydrogen (secondary N) is 1. The summed E-state index contributed by atoms with van der Waals surface area (Å²) in [5, 5.41) is 19.0. The van der Waals surface area contributed by atoms with Crippen LogP contribution in [0.3, 0.4) is 0 Å². The van der Waals surface area contributed by atoms with Gasteiger partial charge in [-0.15, -0.1) is 0 Å². The Morgan fingerprint density at radius 2 is 1.76 bits per heavy atom. The van der Waals surface area contributed by atoms with Crippen LogP contribution >= 0.6 is 0 Å². The topological polar surface area (TPSA) is 84.7 Å². The molecule has 2 fully saturated rings. The van der Waals surface area contributed by atoms with E-state index >= 15 is 0 Å². The second kappa shape index (κ2) is 11.2. The number of aliphatic hydroxyl groups excluding tert-OH is 1. The average Bonchev–Trinajstić information content (AvgIpc) is 3.10. The lowest BCUT2D eigenvalue weighted by Gasteiger charge is -2.39. The third kappa shape index (κ3) is 5.96. The van der Waals surface area contributed by atoms with Crippen molar-refractivity contribution >= 4 is 18.0 Å². The highest BCUT2D eigenvalue weighted by Crippen LogP contribution is 2.50. The van der Waals surface area contributed by atoms with Crippen molar-refractivity contribution in [3.8, 4) is 0 Å². The number of aldehydes is 1. The van der Waals surface area contributed by atoms with Gasteiger partial charge in [0.1, 0.15) is 5.84 Å². The fraction of sp³-hybridized carbons (Fsp3) is 0.667. The minimum Gasteiger partial charge on any atom is -0.503 e. The van der Waals surface area contributed by atoms with E-state index in [4.69, 9.17) is 5.41 Å². The summed E-state index contributed by atoms with van der Waals surface area (Å²) in [6.45, 7) is 11.7. The first-order chi connectivity index (χ1) is 15.6. The van der Waals surface area contributed by atoms with Gasteiger partial charge in [0.2, 0.25) is 0 Å². The van der Waals surface area contributed by atoms with Crippen LogP contribution in [-0.4, -0.2) is 53.1 Å². The summed E-state index contributed by atoms with van der Waals surface area (Å²) in [5.74, 6) is -0.683. The molecular weight excluding hydrogens is 414 g/mol. The summed E-state index contributed by atoms with van der Waals surface area (Å²) < 4.78 is 0. The summed E-state index contributed by atoms with van der Waals surface area (Å²) >= 11 is 0. The number of likely N-dealkylation sites (N-methyl/N-ethyl adjacent to an activating group) is 1.